The van der Waals surface area contributed by atoms with Gasteiger partial charge in [0.2, 0.25) is 0 Å². The Morgan fingerprint density at radius 1 is 1.75 bits per heavy atom. The Labute approximate surface area is 45.5 Å². The van der Waals surface area contributed by atoms with Gasteiger partial charge in [-0.05, 0) is 0 Å². The molecule has 0 spiro atoms. The lowest BCUT2D eigenvalue weighted by Crippen LogP contribution is -1.68. The third-order valence-electron chi connectivity index (χ3n) is 0.900. The quantitative estimate of drug-likeness (QED) is 0.490. The fourth-order valence-corrected chi connectivity index (χ4v) is 0.564. The Balaban J connectivity index is 3.06. The minimum Gasteiger partial charge on any atom is -0.380 e. The zero-order valence-corrected chi connectivity index (χ0v) is 3.96. The molecule has 0 fully saturated rings. The van der Waals surface area contributed by atoms with Crippen LogP contribution in [0.5, 0.6) is 0 Å². The van der Waals surface area contributed by atoms with Crippen LogP contribution in [0.25, 0.3) is 5.65 Å². The van der Waals surface area contributed by atoms with Crippen molar-refractivity contribution in [2.24, 2.45) is 0 Å². The topological polar surface area (TPSA) is 30.4 Å². The van der Waals surface area contributed by atoms with Gasteiger partial charge in [-0.1, -0.05) is 0 Å². The smallest absolute Gasteiger partial charge is 0.180 e. The number of fused-ring (bicyclic) bond motifs is 1. The summed E-state index contributed by atoms with van der Waals surface area (Å²) in [4.78, 5) is 3.84. The summed E-state index contributed by atoms with van der Waals surface area (Å²) < 4.78 is 6.22. The minimum absolute atomic E-state index is 0.671. The van der Waals surface area contributed by atoms with E-state index in [9.17, 15) is 0 Å². The number of hydrogen-bond acceptors (Lipinski definition) is 2. The molecule has 2 heterocycles. The van der Waals surface area contributed by atoms with Gasteiger partial charge in [0.25, 0.3) is 0 Å². The Bertz CT molecular complexity index is 232. The molecule has 2 aromatic heterocycles. The normalized spacial score (nSPS) is 10.5. The molecule has 3 nitrogen and oxygen atoms in total. The number of aromatic nitrogens is 2. The average Bonchev–Trinajstić information content (AvgIpc) is 2.15. The van der Waals surface area contributed by atoms with Crippen LogP contribution >= 0.6 is 0 Å². The highest BCUT2D eigenvalue weighted by molar-refractivity contribution is 5.31. The van der Waals surface area contributed by atoms with Gasteiger partial charge < -0.3 is 4.52 Å². The van der Waals surface area contributed by atoms with E-state index in [2.05, 4.69) is 17.2 Å². The van der Waals surface area contributed by atoms with Crippen molar-refractivity contribution in [3.63, 3.8) is 0 Å². The molecule has 0 aromatic carbocycles. The standard InChI is InChI=1S/C5H2N2O/c1-4-8-7-3-2-6-5(1)7/h2,4H. The third kappa shape index (κ3) is 0.307. The number of rotatable bonds is 0. The predicted octanol–water partition coefficient (Wildman–Crippen LogP) is 0.528. The molecule has 0 amide bonds. The predicted molar refractivity (Wildman–Crippen MR) is 25.1 cm³/mol. The van der Waals surface area contributed by atoms with Crippen LogP contribution in [-0.4, -0.2) is 9.56 Å². The van der Waals surface area contributed by atoms with E-state index in [0.29, 0.717) is 5.65 Å². The molecule has 0 bridgehead atoms. The van der Waals surface area contributed by atoms with Crippen LogP contribution < -0.4 is 0 Å². The van der Waals surface area contributed by atoms with E-state index in [1.54, 1.807) is 0 Å². The first kappa shape index (κ1) is 3.72. The average molecular weight is 106 g/mol. The molecule has 0 unspecified atom stereocenters. The molecule has 3 heteroatoms. The van der Waals surface area contributed by atoms with Crippen molar-refractivity contribution in [1.29, 1.82) is 0 Å². The molecule has 0 aliphatic heterocycles. The summed E-state index contributed by atoms with van der Waals surface area (Å²) in [5, 5.41) is 0. The maximum absolute atomic E-state index is 4.80. The number of imidazole rings is 1. The molecule has 38 valence electrons. The Kier molecular flexibility index (Phi) is 0.521. The van der Waals surface area contributed by atoms with Crippen molar-refractivity contribution in [2.45, 2.75) is 0 Å². The molecule has 0 N–H and O–H groups in total. The fraction of sp³-hybridized carbons (Fsp3) is 0. The highest BCUT2D eigenvalue weighted by atomic mass is 16.5. The number of hydrogen-bond donors (Lipinski definition) is 0. The number of nitrogens with zero attached hydrogens (tertiary/aromatic N) is 2. The van der Waals surface area contributed by atoms with E-state index in [1.165, 1.54) is 17.0 Å². The van der Waals surface area contributed by atoms with Crippen molar-refractivity contribution in [3.05, 3.63) is 24.7 Å². The second kappa shape index (κ2) is 1.12. The second-order valence-corrected chi connectivity index (χ2v) is 1.37. The van der Waals surface area contributed by atoms with Crippen LogP contribution in [0.4, 0.5) is 0 Å². The third-order valence-corrected chi connectivity index (χ3v) is 0.900. The van der Waals surface area contributed by atoms with Crippen LogP contribution in [0.1, 0.15) is 0 Å². The summed E-state index contributed by atoms with van der Waals surface area (Å²) in [5.74, 6) is 0. The van der Waals surface area contributed by atoms with Gasteiger partial charge >= 0.3 is 0 Å². The van der Waals surface area contributed by atoms with Crippen molar-refractivity contribution in [3.8, 4) is 0 Å². The van der Waals surface area contributed by atoms with E-state index < -0.39 is 0 Å². The molecule has 8 heavy (non-hydrogen) atoms. The van der Waals surface area contributed by atoms with Gasteiger partial charge in [-0.25, -0.2) is 4.98 Å². The van der Waals surface area contributed by atoms with Crippen LogP contribution in [0.3, 0.4) is 0 Å². The highest BCUT2D eigenvalue weighted by Gasteiger charge is 1.91. The Morgan fingerprint density at radius 2 is 2.75 bits per heavy atom. The van der Waals surface area contributed by atoms with Gasteiger partial charge in [0.1, 0.15) is 12.5 Å². The van der Waals surface area contributed by atoms with Crippen LogP contribution in [-0.2, 0) is 0 Å². The lowest BCUT2D eigenvalue weighted by molar-refractivity contribution is 0.375. The van der Waals surface area contributed by atoms with E-state index in [0.717, 1.165) is 0 Å². The molecular weight excluding hydrogens is 104 g/mol. The van der Waals surface area contributed by atoms with Crippen LogP contribution in [0.2, 0.25) is 0 Å². The van der Waals surface area contributed by atoms with Gasteiger partial charge in [-0.2, -0.15) is 4.57 Å². The Hall–Kier alpha value is -1.25. The molecule has 0 atom stereocenters. The molecule has 0 saturated heterocycles. The van der Waals surface area contributed by atoms with Gasteiger partial charge in [0, 0.05) is 0 Å². The molecule has 0 saturated carbocycles. The summed E-state index contributed by atoms with van der Waals surface area (Å²) >= 11 is 0. The summed E-state index contributed by atoms with van der Waals surface area (Å²) in [5.41, 5.74) is 0.671. The molecule has 0 aliphatic carbocycles. The lowest BCUT2D eigenvalue weighted by Gasteiger charge is -1.71. The minimum atomic E-state index is 0.671. The van der Waals surface area contributed by atoms with Crippen molar-refractivity contribution < 1.29 is 4.52 Å². The van der Waals surface area contributed by atoms with E-state index in [-0.39, 0.29) is 0 Å². The largest absolute Gasteiger partial charge is 0.380 e. The molecule has 2 radical (unpaired) electrons. The van der Waals surface area contributed by atoms with Crippen molar-refractivity contribution >= 4 is 5.65 Å². The lowest BCUT2D eigenvalue weighted by atomic mass is 10.7. The van der Waals surface area contributed by atoms with Crippen LogP contribution in [0, 0.1) is 12.3 Å². The summed E-state index contributed by atoms with van der Waals surface area (Å²) in [6.07, 6.45) is 5.69. The second-order valence-electron chi connectivity index (χ2n) is 1.37. The van der Waals surface area contributed by atoms with E-state index >= 15 is 0 Å². The molecule has 0 aliphatic rings. The molecule has 2 rings (SSSR count). The Morgan fingerprint density at radius 3 is 3.62 bits per heavy atom. The first-order valence-electron chi connectivity index (χ1n) is 2.17. The monoisotopic (exact) mass is 106 g/mol. The fourth-order valence-electron chi connectivity index (χ4n) is 0.564. The van der Waals surface area contributed by atoms with E-state index in [4.69, 9.17) is 4.52 Å². The van der Waals surface area contributed by atoms with Crippen LogP contribution in [0.15, 0.2) is 17.0 Å². The summed E-state index contributed by atoms with van der Waals surface area (Å²) in [6.45, 7) is 0. The maximum atomic E-state index is 4.80. The van der Waals surface area contributed by atoms with Gasteiger partial charge in [0.15, 0.2) is 5.65 Å². The molecular formula is C5H2N2O. The SMILES string of the molecule is [c]1con2[c]cnc12. The van der Waals surface area contributed by atoms with Gasteiger partial charge in [-0.15, -0.1) is 0 Å². The van der Waals surface area contributed by atoms with Gasteiger partial charge in [-0.3, -0.25) is 0 Å². The summed E-state index contributed by atoms with van der Waals surface area (Å²) in [7, 11) is 0. The highest BCUT2D eigenvalue weighted by Crippen LogP contribution is 1.96. The van der Waals surface area contributed by atoms with Gasteiger partial charge in [0.05, 0.1) is 12.3 Å². The van der Waals surface area contributed by atoms with Crippen molar-refractivity contribution in [2.75, 3.05) is 0 Å². The van der Waals surface area contributed by atoms with E-state index in [1.807, 2.05) is 0 Å². The molecule has 2 aromatic rings. The van der Waals surface area contributed by atoms with Crippen molar-refractivity contribution in [1.82, 2.24) is 9.56 Å². The zero-order valence-electron chi connectivity index (χ0n) is 3.96. The first-order valence-corrected chi connectivity index (χ1v) is 2.17. The summed E-state index contributed by atoms with van der Waals surface area (Å²) in [6, 6.07) is 2.75. The maximum Gasteiger partial charge on any atom is 0.180 e. The first-order chi connectivity index (χ1) is 3.97. The zero-order chi connectivity index (χ0) is 5.40.